The van der Waals surface area contributed by atoms with Crippen LogP contribution < -0.4 is 5.73 Å². The van der Waals surface area contributed by atoms with Crippen LogP contribution in [0, 0.1) is 23.2 Å². The highest BCUT2D eigenvalue weighted by atomic mass is 127. The van der Waals surface area contributed by atoms with Crippen molar-refractivity contribution < 1.29 is 14.3 Å². The highest BCUT2D eigenvalue weighted by Gasteiger charge is 2.18. The lowest BCUT2D eigenvalue weighted by molar-refractivity contribution is 0.0698. The number of nitrogens with two attached hydrogens (primary N) is 1. The third-order valence-electron chi connectivity index (χ3n) is 3.03. The Bertz CT molecular complexity index is 717. The Morgan fingerprint density at radius 3 is 2.55 bits per heavy atom. The molecule has 1 aromatic carbocycles. The van der Waals surface area contributed by atoms with Gasteiger partial charge in [-0.2, -0.15) is 0 Å². The average Bonchev–Trinajstić information content (AvgIpc) is 2.38. The summed E-state index contributed by atoms with van der Waals surface area (Å²) in [5, 5.41) is 9.11. The molecular formula is C14H12FIN2O2. The number of halogens is 2. The molecule has 0 fully saturated rings. The second-order valence-electron chi connectivity index (χ2n) is 4.47. The Morgan fingerprint density at radius 1 is 1.35 bits per heavy atom. The molecule has 0 spiro atoms. The highest BCUT2D eigenvalue weighted by molar-refractivity contribution is 14.1. The van der Waals surface area contributed by atoms with E-state index in [0.29, 0.717) is 14.8 Å². The number of carboxylic acid groups (broad SMARTS) is 1. The van der Waals surface area contributed by atoms with Crippen molar-refractivity contribution in [2.75, 3.05) is 5.73 Å². The van der Waals surface area contributed by atoms with E-state index in [0.717, 1.165) is 17.3 Å². The van der Waals surface area contributed by atoms with Crippen LogP contribution in [0.1, 0.15) is 21.5 Å². The summed E-state index contributed by atoms with van der Waals surface area (Å²) in [4.78, 5) is 15.2. The molecule has 0 amide bonds. The van der Waals surface area contributed by atoms with E-state index in [2.05, 4.69) is 4.98 Å². The van der Waals surface area contributed by atoms with Gasteiger partial charge in [0.15, 0.2) is 0 Å². The number of aromatic nitrogens is 1. The van der Waals surface area contributed by atoms with Gasteiger partial charge in [-0.15, -0.1) is 0 Å². The van der Waals surface area contributed by atoms with Gasteiger partial charge in [0, 0.05) is 9.13 Å². The topological polar surface area (TPSA) is 76.2 Å². The number of aryl methyl sites for hydroxylation is 2. The van der Waals surface area contributed by atoms with E-state index in [-0.39, 0.29) is 17.1 Å². The molecule has 0 aliphatic heterocycles. The minimum Gasteiger partial charge on any atom is -0.478 e. The van der Waals surface area contributed by atoms with Crippen LogP contribution in [0.4, 0.5) is 10.1 Å². The maximum atomic E-state index is 13.3. The first kappa shape index (κ1) is 14.7. The van der Waals surface area contributed by atoms with E-state index in [1.807, 2.05) is 22.6 Å². The Labute approximate surface area is 129 Å². The fraction of sp³-hybridized carbons (Fsp3) is 0.143. The monoisotopic (exact) mass is 386 g/mol. The van der Waals surface area contributed by atoms with Crippen LogP contribution in [0.5, 0.6) is 0 Å². The fourth-order valence-corrected chi connectivity index (χ4v) is 2.95. The van der Waals surface area contributed by atoms with Crippen molar-refractivity contribution in [3.05, 3.63) is 44.4 Å². The summed E-state index contributed by atoms with van der Waals surface area (Å²) in [5.74, 6) is -1.45. The van der Waals surface area contributed by atoms with Gasteiger partial charge in [-0.1, -0.05) is 0 Å². The largest absolute Gasteiger partial charge is 0.478 e. The summed E-state index contributed by atoms with van der Waals surface area (Å²) in [6.45, 7) is 3.43. The number of anilines is 1. The number of carboxylic acids is 1. The molecule has 0 saturated carbocycles. The number of carbonyl (C=O) groups is 1. The van der Waals surface area contributed by atoms with Gasteiger partial charge in [-0.25, -0.2) is 9.18 Å². The second kappa shape index (κ2) is 5.35. The Kier molecular flexibility index (Phi) is 3.94. The molecule has 2 aromatic rings. The summed E-state index contributed by atoms with van der Waals surface area (Å²) in [6.07, 6.45) is 1.15. The third-order valence-corrected chi connectivity index (χ3v) is 4.16. The van der Waals surface area contributed by atoms with Gasteiger partial charge in [0.2, 0.25) is 0 Å². The molecule has 0 radical (unpaired) electrons. The third kappa shape index (κ3) is 2.47. The fourth-order valence-electron chi connectivity index (χ4n) is 1.96. The van der Waals surface area contributed by atoms with Gasteiger partial charge in [0.25, 0.3) is 0 Å². The Balaban J connectivity index is 2.72. The molecule has 0 saturated heterocycles. The molecule has 104 valence electrons. The van der Waals surface area contributed by atoms with E-state index >= 15 is 0 Å². The van der Waals surface area contributed by atoms with E-state index in [1.165, 1.54) is 6.07 Å². The zero-order chi connectivity index (χ0) is 15.0. The number of aromatic carboxylic acids is 1. The molecular weight excluding hydrogens is 374 g/mol. The van der Waals surface area contributed by atoms with Crippen molar-refractivity contribution in [1.29, 1.82) is 0 Å². The molecule has 20 heavy (non-hydrogen) atoms. The van der Waals surface area contributed by atoms with Gasteiger partial charge in [0.1, 0.15) is 5.82 Å². The zero-order valence-corrected chi connectivity index (χ0v) is 13.0. The predicted molar refractivity (Wildman–Crippen MR) is 83.2 cm³/mol. The van der Waals surface area contributed by atoms with Gasteiger partial charge >= 0.3 is 5.97 Å². The molecule has 1 heterocycles. The summed E-state index contributed by atoms with van der Waals surface area (Å²) < 4.78 is 13.9. The molecule has 1 aromatic heterocycles. The number of nitrogen functional groups attached to an aromatic ring is 1. The van der Waals surface area contributed by atoms with Crippen molar-refractivity contribution in [2.45, 2.75) is 13.8 Å². The number of nitrogens with zero attached hydrogens (tertiary/aromatic N) is 1. The SMILES string of the molecule is Cc1cc(-c2c(C)cc(C(=O)O)c(N)c2I)ncc1F. The molecule has 2 rings (SSSR count). The van der Waals surface area contributed by atoms with E-state index in [4.69, 9.17) is 10.8 Å². The van der Waals surface area contributed by atoms with Gasteiger partial charge in [-0.3, -0.25) is 4.98 Å². The number of hydrogen-bond acceptors (Lipinski definition) is 3. The van der Waals surface area contributed by atoms with E-state index < -0.39 is 5.97 Å². The van der Waals surface area contributed by atoms with Crippen LogP contribution in [0.3, 0.4) is 0 Å². The summed E-state index contributed by atoms with van der Waals surface area (Å²) >= 11 is 1.99. The van der Waals surface area contributed by atoms with Crippen LogP contribution >= 0.6 is 22.6 Å². The summed E-state index contributed by atoms with van der Waals surface area (Å²) in [5.41, 5.74) is 8.65. The minimum absolute atomic E-state index is 0.0643. The van der Waals surface area contributed by atoms with Gasteiger partial charge in [-0.05, 0) is 59.7 Å². The summed E-state index contributed by atoms with van der Waals surface area (Å²) in [6, 6.07) is 3.13. The first-order chi connectivity index (χ1) is 9.32. The second-order valence-corrected chi connectivity index (χ2v) is 5.55. The lowest BCUT2D eigenvalue weighted by atomic mass is 9.99. The van der Waals surface area contributed by atoms with Crippen molar-refractivity contribution in [2.24, 2.45) is 0 Å². The van der Waals surface area contributed by atoms with Crippen LogP contribution in [0.25, 0.3) is 11.3 Å². The number of hydrogen-bond donors (Lipinski definition) is 2. The Morgan fingerprint density at radius 2 is 2.00 bits per heavy atom. The molecule has 6 heteroatoms. The normalized spacial score (nSPS) is 10.6. The Hall–Kier alpha value is -1.70. The molecule has 3 N–H and O–H groups in total. The molecule has 0 bridgehead atoms. The number of pyridine rings is 1. The number of rotatable bonds is 2. The molecule has 0 atom stereocenters. The van der Waals surface area contributed by atoms with Crippen LogP contribution in [0.2, 0.25) is 0 Å². The quantitative estimate of drug-likeness (QED) is 0.613. The minimum atomic E-state index is -1.07. The van der Waals surface area contributed by atoms with Crippen LogP contribution in [-0.2, 0) is 0 Å². The molecule has 0 unspecified atom stereocenters. The smallest absolute Gasteiger partial charge is 0.337 e. The first-order valence-electron chi connectivity index (χ1n) is 5.77. The van der Waals surface area contributed by atoms with Crippen molar-refractivity contribution >= 4 is 34.2 Å². The lowest BCUT2D eigenvalue weighted by Crippen LogP contribution is -2.07. The van der Waals surface area contributed by atoms with Crippen molar-refractivity contribution in [3.63, 3.8) is 0 Å². The van der Waals surface area contributed by atoms with Gasteiger partial charge in [0.05, 0.1) is 23.1 Å². The standard InChI is InChI=1S/C14H12FIN2O2/c1-6-4-10(18-5-9(6)15)11-7(2)3-8(14(19)20)13(17)12(11)16/h3-5H,17H2,1-2H3,(H,19,20). The summed E-state index contributed by atoms with van der Waals surface area (Å²) in [7, 11) is 0. The zero-order valence-electron chi connectivity index (χ0n) is 10.9. The lowest BCUT2D eigenvalue weighted by Gasteiger charge is -2.13. The molecule has 0 aliphatic rings. The van der Waals surface area contributed by atoms with Crippen LogP contribution in [0.15, 0.2) is 18.3 Å². The van der Waals surface area contributed by atoms with E-state index in [1.54, 1.807) is 19.9 Å². The maximum Gasteiger partial charge on any atom is 0.337 e. The van der Waals surface area contributed by atoms with Gasteiger partial charge < -0.3 is 10.8 Å². The molecule has 4 nitrogen and oxygen atoms in total. The number of benzene rings is 1. The first-order valence-corrected chi connectivity index (χ1v) is 6.85. The molecule has 0 aliphatic carbocycles. The van der Waals surface area contributed by atoms with Crippen LogP contribution in [-0.4, -0.2) is 16.1 Å². The van der Waals surface area contributed by atoms with E-state index in [9.17, 15) is 9.18 Å². The average molecular weight is 386 g/mol. The maximum absolute atomic E-state index is 13.3. The van der Waals surface area contributed by atoms with Crippen molar-refractivity contribution in [1.82, 2.24) is 4.98 Å². The van der Waals surface area contributed by atoms with Crippen molar-refractivity contribution in [3.8, 4) is 11.3 Å². The highest BCUT2D eigenvalue weighted by Crippen LogP contribution is 2.34. The predicted octanol–water partition coefficient (Wildman–Crippen LogP) is 3.39.